The molecule has 0 fully saturated rings. The summed E-state index contributed by atoms with van der Waals surface area (Å²) in [6.07, 6.45) is 1.64. The summed E-state index contributed by atoms with van der Waals surface area (Å²) in [5.41, 5.74) is 2.24. The van der Waals surface area contributed by atoms with Crippen molar-refractivity contribution in [3.8, 4) is 5.75 Å². The van der Waals surface area contributed by atoms with Crippen LogP contribution in [0.2, 0.25) is 5.02 Å². The number of amides is 1. The van der Waals surface area contributed by atoms with Gasteiger partial charge in [0.2, 0.25) is 0 Å². The van der Waals surface area contributed by atoms with Crippen LogP contribution in [-0.2, 0) is 6.54 Å². The lowest BCUT2D eigenvalue weighted by Crippen LogP contribution is -2.24. The van der Waals surface area contributed by atoms with Gasteiger partial charge in [0.25, 0.3) is 5.91 Å². The van der Waals surface area contributed by atoms with Crippen LogP contribution < -0.4 is 15.4 Å². The molecule has 0 atom stereocenters. The van der Waals surface area contributed by atoms with Crippen LogP contribution in [0.25, 0.3) is 0 Å². The van der Waals surface area contributed by atoms with Gasteiger partial charge in [-0.1, -0.05) is 29.8 Å². The van der Waals surface area contributed by atoms with Gasteiger partial charge in [0.15, 0.2) is 0 Å². The average Bonchev–Trinajstić information content (AvgIpc) is 2.58. The Hall–Kier alpha value is -2.46. The number of hydrogen-bond donors (Lipinski definition) is 2. The van der Waals surface area contributed by atoms with Crippen LogP contribution in [0.5, 0.6) is 5.75 Å². The van der Waals surface area contributed by atoms with E-state index in [1.807, 2.05) is 30.3 Å². The highest BCUT2D eigenvalue weighted by Crippen LogP contribution is 2.24. The second-order valence-electron chi connectivity index (χ2n) is 4.85. The van der Waals surface area contributed by atoms with Crippen molar-refractivity contribution in [1.29, 1.82) is 0 Å². The Bertz CT molecular complexity index is 701. The molecule has 2 rings (SSSR count). The van der Waals surface area contributed by atoms with E-state index >= 15 is 0 Å². The Morgan fingerprint density at radius 2 is 2.09 bits per heavy atom. The number of anilines is 1. The van der Waals surface area contributed by atoms with Gasteiger partial charge in [-0.15, -0.1) is 6.58 Å². The van der Waals surface area contributed by atoms with Crippen LogP contribution in [0.15, 0.2) is 55.1 Å². The van der Waals surface area contributed by atoms with Gasteiger partial charge in [-0.2, -0.15) is 0 Å². The molecule has 0 aliphatic heterocycles. The first-order chi connectivity index (χ1) is 11.2. The van der Waals surface area contributed by atoms with Gasteiger partial charge in [0, 0.05) is 29.4 Å². The Morgan fingerprint density at radius 3 is 2.83 bits per heavy atom. The standard InChI is InChI=1S/C18H19ClN2O2/c1-3-10-20-18(22)15-6-4-5-7-16(15)21-12-13-11-14(19)8-9-17(13)23-2/h3-9,11,21H,1,10,12H2,2H3,(H,20,22). The Balaban J connectivity index is 2.16. The van der Waals surface area contributed by atoms with Crippen LogP contribution in [0.3, 0.4) is 0 Å². The Labute approximate surface area is 141 Å². The molecule has 120 valence electrons. The molecular weight excluding hydrogens is 312 g/mol. The highest BCUT2D eigenvalue weighted by molar-refractivity contribution is 6.30. The van der Waals surface area contributed by atoms with E-state index in [1.54, 1.807) is 25.3 Å². The van der Waals surface area contributed by atoms with Crippen LogP contribution in [0.1, 0.15) is 15.9 Å². The third-order valence-corrected chi connectivity index (χ3v) is 3.53. The maximum atomic E-state index is 12.2. The van der Waals surface area contributed by atoms with Crippen molar-refractivity contribution in [3.63, 3.8) is 0 Å². The quantitative estimate of drug-likeness (QED) is 0.757. The third kappa shape index (κ3) is 4.50. The highest BCUT2D eigenvalue weighted by Gasteiger charge is 2.11. The SMILES string of the molecule is C=CCNC(=O)c1ccccc1NCc1cc(Cl)ccc1OC. The average molecular weight is 331 g/mol. The smallest absolute Gasteiger partial charge is 0.253 e. The molecule has 0 aromatic heterocycles. The lowest BCUT2D eigenvalue weighted by atomic mass is 10.1. The number of methoxy groups -OCH3 is 1. The zero-order valence-electron chi connectivity index (χ0n) is 12.9. The minimum atomic E-state index is -0.147. The van der Waals surface area contributed by atoms with Gasteiger partial charge < -0.3 is 15.4 Å². The van der Waals surface area contributed by atoms with Gasteiger partial charge in [-0.25, -0.2) is 0 Å². The number of halogens is 1. The summed E-state index contributed by atoms with van der Waals surface area (Å²) in [5.74, 6) is 0.599. The van der Waals surface area contributed by atoms with Gasteiger partial charge in [-0.3, -0.25) is 4.79 Å². The van der Waals surface area contributed by atoms with Crippen molar-refractivity contribution in [1.82, 2.24) is 5.32 Å². The topological polar surface area (TPSA) is 50.4 Å². The predicted octanol–water partition coefficient (Wildman–Crippen LogP) is 3.88. The summed E-state index contributed by atoms with van der Waals surface area (Å²) in [4.78, 5) is 12.2. The monoisotopic (exact) mass is 330 g/mol. The molecule has 0 spiro atoms. The maximum Gasteiger partial charge on any atom is 0.253 e. The summed E-state index contributed by atoms with van der Waals surface area (Å²) in [5, 5.41) is 6.68. The summed E-state index contributed by atoms with van der Waals surface area (Å²) in [7, 11) is 1.61. The van der Waals surface area contributed by atoms with Crippen molar-refractivity contribution >= 4 is 23.2 Å². The van der Waals surface area contributed by atoms with Crippen LogP contribution in [-0.4, -0.2) is 19.6 Å². The highest BCUT2D eigenvalue weighted by atomic mass is 35.5. The van der Waals surface area contributed by atoms with E-state index in [1.165, 1.54) is 0 Å². The molecular formula is C18H19ClN2O2. The number of carbonyl (C=O) groups excluding carboxylic acids is 1. The largest absolute Gasteiger partial charge is 0.496 e. The molecule has 2 aromatic rings. The molecule has 0 saturated heterocycles. The van der Waals surface area contributed by atoms with Crippen molar-refractivity contribution in [2.75, 3.05) is 19.0 Å². The first-order valence-corrected chi connectivity index (χ1v) is 7.58. The predicted molar refractivity (Wildman–Crippen MR) is 94.3 cm³/mol. The van der Waals surface area contributed by atoms with Gasteiger partial charge in [-0.05, 0) is 30.3 Å². The number of carbonyl (C=O) groups is 1. The fourth-order valence-corrected chi connectivity index (χ4v) is 2.37. The number of ether oxygens (including phenoxy) is 1. The van der Waals surface area contributed by atoms with Crippen molar-refractivity contribution in [2.24, 2.45) is 0 Å². The van der Waals surface area contributed by atoms with Crippen molar-refractivity contribution in [2.45, 2.75) is 6.54 Å². The van der Waals surface area contributed by atoms with Crippen LogP contribution >= 0.6 is 11.6 Å². The molecule has 2 N–H and O–H groups in total. The molecule has 0 heterocycles. The molecule has 23 heavy (non-hydrogen) atoms. The summed E-state index contributed by atoms with van der Waals surface area (Å²) >= 11 is 6.04. The second kappa shape index (κ2) is 8.25. The van der Waals surface area contributed by atoms with Crippen molar-refractivity contribution < 1.29 is 9.53 Å². The molecule has 0 aliphatic carbocycles. The fourth-order valence-electron chi connectivity index (χ4n) is 2.17. The summed E-state index contributed by atoms with van der Waals surface area (Å²) < 4.78 is 5.33. The number of para-hydroxylation sites is 1. The van der Waals surface area contributed by atoms with Crippen molar-refractivity contribution in [3.05, 3.63) is 71.3 Å². The maximum absolute atomic E-state index is 12.2. The lowest BCUT2D eigenvalue weighted by molar-refractivity contribution is 0.0959. The molecule has 0 unspecified atom stereocenters. The van der Waals surface area contributed by atoms with E-state index in [2.05, 4.69) is 17.2 Å². The van der Waals surface area contributed by atoms with E-state index < -0.39 is 0 Å². The molecule has 2 aromatic carbocycles. The van der Waals surface area contributed by atoms with Crippen LogP contribution in [0, 0.1) is 0 Å². The zero-order valence-corrected chi connectivity index (χ0v) is 13.7. The normalized spacial score (nSPS) is 10.0. The summed E-state index contributed by atoms with van der Waals surface area (Å²) in [6.45, 7) is 4.52. The molecule has 0 saturated carbocycles. The third-order valence-electron chi connectivity index (χ3n) is 3.29. The lowest BCUT2D eigenvalue weighted by Gasteiger charge is -2.14. The van der Waals surface area contributed by atoms with E-state index in [-0.39, 0.29) is 5.91 Å². The van der Waals surface area contributed by atoms with Crippen LogP contribution in [0.4, 0.5) is 5.69 Å². The van der Waals surface area contributed by atoms with Gasteiger partial charge in [0.05, 0.1) is 12.7 Å². The zero-order chi connectivity index (χ0) is 16.7. The Kier molecular flexibility index (Phi) is 6.06. The first-order valence-electron chi connectivity index (χ1n) is 7.20. The number of benzene rings is 2. The fraction of sp³-hybridized carbons (Fsp3) is 0.167. The summed E-state index contributed by atoms with van der Waals surface area (Å²) in [6, 6.07) is 12.8. The van der Waals surface area contributed by atoms with Gasteiger partial charge >= 0.3 is 0 Å². The van der Waals surface area contributed by atoms with E-state index in [0.29, 0.717) is 23.7 Å². The minimum absolute atomic E-state index is 0.147. The molecule has 0 aliphatic rings. The molecule has 4 nitrogen and oxygen atoms in total. The van der Waals surface area contributed by atoms with Gasteiger partial charge in [0.1, 0.15) is 5.75 Å². The van der Waals surface area contributed by atoms with E-state index in [0.717, 1.165) is 17.0 Å². The van der Waals surface area contributed by atoms with E-state index in [9.17, 15) is 4.79 Å². The molecule has 5 heteroatoms. The Morgan fingerprint density at radius 1 is 1.30 bits per heavy atom. The second-order valence-corrected chi connectivity index (χ2v) is 5.29. The number of rotatable bonds is 7. The first kappa shape index (κ1) is 16.9. The van der Waals surface area contributed by atoms with E-state index in [4.69, 9.17) is 16.3 Å². The number of nitrogens with one attached hydrogen (secondary N) is 2. The minimum Gasteiger partial charge on any atom is -0.496 e. The number of hydrogen-bond acceptors (Lipinski definition) is 3. The molecule has 1 amide bonds. The molecule has 0 radical (unpaired) electrons. The molecule has 0 bridgehead atoms.